The van der Waals surface area contributed by atoms with E-state index in [1.807, 2.05) is 0 Å². The highest BCUT2D eigenvalue weighted by atomic mass is 19.3. The number of ether oxygens (including phenoxy) is 2. The topological polar surface area (TPSA) is 50.7 Å². The van der Waals surface area contributed by atoms with Crippen molar-refractivity contribution in [2.24, 2.45) is 0 Å². The number of hydrogen-bond donors (Lipinski definition) is 2. The molecular formula is C11H13F2NO3. The van der Waals surface area contributed by atoms with Crippen molar-refractivity contribution >= 4 is 0 Å². The van der Waals surface area contributed by atoms with E-state index in [2.05, 4.69) is 5.32 Å². The molecule has 1 aromatic rings. The van der Waals surface area contributed by atoms with Crippen LogP contribution in [-0.2, 0) is 6.54 Å². The van der Waals surface area contributed by atoms with Crippen LogP contribution in [0.4, 0.5) is 8.78 Å². The number of benzene rings is 1. The lowest BCUT2D eigenvalue weighted by atomic mass is 10.2. The number of aliphatic hydroxyl groups is 1. The van der Waals surface area contributed by atoms with Crippen molar-refractivity contribution in [3.05, 3.63) is 23.8 Å². The molecule has 1 aliphatic rings. The Bertz CT molecular complexity index is 398. The highest BCUT2D eigenvalue weighted by Crippen LogP contribution is 2.35. The molecule has 17 heavy (non-hydrogen) atoms. The summed E-state index contributed by atoms with van der Waals surface area (Å²) in [5.41, 5.74) is 0.758. The maximum atomic E-state index is 12.8. The van der Waals surface area contributed by atoms with Crippen molar-refractivity contribution in [3.8, 4) is 11.5 Å². The Balaban J connectivity index is 1.94. The van der Waals surface area contributed by atoms with Gasteiger partial charge in [-0.3, -0.25) is 0 Å². The summed E-state index contributed by atoms with van der Waals surface area (Å²) < 4.78 is 35.9. The molecule has 0 spiro atoms. The zero-order chi connectivity index (χ0) is 12.3. The highest BCUT2D eigenvalue weighted by molar-refractivity contribution is 5.48. The Morgan fingerprint density at radius 3 is 2.94 bits per heavy atom. The minimum Gasteiger partial charge on any atom is -0.454 e. The van der Waals surface area contributed by atoms with Crippen LogP contribution in [0.15, 0.2) is 18.2 Å². The average molecular weight is 245 g/mol. The number of rotatable bonds is 5. The second-order valence-corrected chi connectivity index (χ2v) is 3.77. The summed E-state index contributed by atoms with van der Waals surface area (Å²) in [5.74, 6) is -1.89. The predicted octanol–water partition coefficient (Wildman–Crippen LogP) is 1.13. The molecule has 1 aliphatic heterocycles. The SMILES string of the molecule is OCC(F)(F)CNCc1cccc2c1OCO2. The first-order chi connectivity index (χ1) is 8.12. The molecule has 0 aromatic heterocycles. The first kappa shape index (κ1) is 12.1. The average Bonchev–Trinajstić information content (AvgIpc) is 2.78. The van der Waals surface area contributed by atoms with Crippen molar-refractivity contribution in [1.29, 1.82) is 0 Å². The van der Waals surface area contributed by atoms with Crippen LogP contribution in [0.25, 0.3) is 0 Å². The van der Waals surface area contributed by atoms with Gasteiger partial charge in [0.05, 0.1) is 6.54 Å². The number of aliphatic hydroxyl groups excluding tert-OH is 1. The van der Waals surface area contributed by atoms with Gasteiger partial charge in [-0.2, -0.15) is 0 Å². The highest BCUT2D eigenvalue weighted by Gasteiger charge is 2.27. The number of alkyl halides is 2. The van der Waals surface area contributed by atoms with Crippen LogP contribution in [0, 0.1) is 0 Å². The Kier molecular flexibility index (Phi) is 3.44. The molecular weight excluding hydrogens is 232 g/mol. The van der Waals surface area contributed by atoms with E-state index in [1.165, 1.54) is 0 Å². The standard InChI is InChI=1S/C11H13F2NO3/c12-11(13,6-15)5-14-4-8-2-1-3-9-10(8)17-7-16-9/h1-3,14-15H,4-7H2. The second-order valence-electron chi connectivity index (χ2n) is 3.77. The molecule has 2 N–H and O–H groups in total. The smallest absolute Gasteiger partial charge is 0.282 e. The van der Waals surface area contributed by atoms with Crippen LogP contribution < -0.4 is 14.8 Å². The van der Waals surface area contributed by atoms with Gasteiger partial charge in [0.2, 0.25) is 6.79 Å². The van der Waals surface area contributed by atoms with Gasteiger partial charge >= 0.3 is 0 Å². The maximum Gasteiger partial charge on any atom is 0.282 e. The Morgan fingerprint density at radius 2 is 2.18 bits per heavy atom. The summed E-state index contributed by atoms with van der Waals surface area (Å²) in [7, 11) is 0. The predicted molar refractivity (Wildman–Crippen MR) is 56.3 cm³/mol. The zero-order valence-electron chi connectivity index (χ0n) is 9.08. The Labute approximate surface area is 97.2 Å². The van der Waals surface area contributed by atoms with Gasteiger partial charge in [-0.15, -0.1) is 0 Å². The molecule has 4 nitrogen and oxygen atoms in total. The van der Waals surface area contributed by atoms with E-state index in [9.17, 15) is 8.78 Å². The molecule has 2 rings (SSSR count). The Hall–Kier alpha value is -1.40. The first-order valence-corrected chi connectivity index (χ1v) is 5.19. The third-order valence-electron chi connectivity index (χ3n) is 2.41. The molecule has 1 aromatic carbocycles. The molecule has 0 atom stereocenters. The fourth-order valence-corrected chi connectivity index (χ4v) is 1.57. The largest absolute Gasteiger partial charge is 0.454 e. The van der Waals surface area contributed by atoms with Crippen molar-refractivity contribution in [1.82, 2.24) is 5.32 Å². The first-order valence-electron chi connectivity index (χ1n) is 5.19. The summed E-state index contributed by atoms with van der Waals surface area (Å²) in [4.78, 5) is 0. The van der Waals surface area contributed by atoms with Crippen molar-refractivity contribution in [2.45, 2.75) is 12.5 Å². The molecule has 94 valence electrons. The number of halogens is 2. The van der Waals surface area contributed by atoms with Crippen LogP contribution in [0.2, 0.25) is 0 Å². The van der Waals surface area contributed by atoms with Gasteiger partial charge in [0.15, 0.2) is 11.5 Å². The summed E-state index contributed by atoms with van der Waals surface area (Å²) in [6, 6.07) is 5.31. The van der Waals surface area contributed by atoms with Crippen molar-refractivity contribution < 1.29 is 23.4 Å². The van der Waals surface area contributed by atoms with Gasteiger partial charge in [-0.1, -0.05) is 12.1 Å². The van der Waals surface area contributed by atoms with Gasteiger partial charge in [0.25, 0.3) is 5.92 Å². The number of hydrogen-bond acceptors (Lipinski definition) is 4. The quantitative estimate of drug-likeness (QED) is 0.816. The molecule has 0 radical (unpaired) electrons. The minimum atomic E-state index is -3.10. The summed E-state index contributed by atoms with van der Waals surface area (Å²) in [6.45, 7) is -1.35. The van der Waals surface area contributed by atoms with Crippen LogP contribution in [0.5, 0.6) is 11.5 Å². The number of fused-ring (bicyclic) bond motifs is 1. The summed E-state index contributed by atoms with van der Waals surface area (Å²) in [6.07, 6.45) is 0. The van der Waals surface area contributed by atoms with Crippen molar-refractivity contribution in [2.75, 3.05) is 19.9 Å². The van der Waals surface area contributed by atoms with Crippen LogP contribution in [0.3, 0.4) is 0 Å². The van der Waals surface area contributed by atoms with Crippen LogP contribution >= 0.6 is 0 Å². The van der Waals surface area contributed by atoms with E-state index in [-0.39, 0.29) is 13.3 Å². The van der Waals surface area contributed by atoms with Crippen LogP contribution in [0.1, 0.15) is 5.56 Å². The fraction of sp³-hybridized carbons (Fsp3) is 0.455. The van der Waals surface area contributed by atoms with Gasteiger partial charge in [-0.05, 0) is 6.07 Å². The lowest BCUT2D eigenvalue weighted by Gasteiger charge is -2.14. The van der Waals surface area contributed by atoms with Crippen LogP contribution in [-0.4, -0.2) is 31.0 Å². The zero-order valence-corrected chi connectivity index (χ0v) is 9.08. The van der Waals surface area contributed by atoms with E-state index in [0.717, 1.165) is 5.56 Å². The molecule has 1 heterocycles. The van der Waals surface area contributed by atoms with Gasteiger partial charge < -0.3 is 19.9 Å². The number of nitrogens with one attached hydrogen (secondary N) is 1. The molecule has 0 aliphatic carbocycles. The van der Waals surface area contributed by atoms with E-state index < -0.39 is 19.1 Å². The van der Waals surface area contributed by atoms with Gasteiger partial charge in [0, 0.05) is 12.1 Å². The molecule has 0 unspecified atom stereocenters. The monoisotopic (exact) mass is 245 g/mol. The molecule has 0 fully saturated rings. The molecule has 0 saturated heterocycles. The summed E-state index contributed by atoms with van der Waals surface area (Å²) in [5, 5.41) is 11.0. The van der Waals surface area contributed by atoms with Crippen molar-refractivity contribution in [3.63, 3.8) is 0 Å². The third-order valence-corrected chi connectivity index (χ3v) is 2.41. The molecule has 6 heteroatoms. The molecule has 0 bridgehead atoms. The maximum absolute atomic E-state index is 12.8. The van der Waals surface area contributed by atoms with E-state index in [4.69, 9.17) is 14.6 Å². The van der Waals surface area contributed by atoms with Gasteiger partial charge in [-0.25, -0.2) is 8.78 Å². The summed E-state index contributed by atoms with van der Waals surface area (Å²) >= 11 is 0. The van der Waals surface area contributed by atoms with Gasteiger partial charge in [0.1, 0.15) is 6.61 Å². The Morgan fingerprint density at radius 1 is 1.35 bits per heavy atom. The minimum absolute atomic E-state index is 0.152. The van der Waals surface area contributed by atoms with E-state index in [1.54, 1.807) is 18.2 Å². The fourth-order valence-electron chi connectivity index (χ4n) is 1.57. The second kappa shape index (κ2) is 4.85. The lowest BCUT2D eigenvalue weighted by molar-refractivity contribution is -0.0478. The molecule has 0 saturated carbocycles. The number of para-hydroxylation sites is 1. The third kappa shape index (κ3) is 2.83. The van der Waals surface area contributed by atoms with E-state index >= 15 is 0 Å². The molecule has 0 amide bonds. The lowest BCUT2D eigenvalue weighted by Crippen LogP contribution is -2.35. The van der Waals surface area contributed by atoms with E-state index in [0.29, 0.717) is 11.5 Å². The normalized spacial score (nSPS) is 14.1.